The van der Waals surface area contributed by atoms with Crippen molar-refractivity contribution in [1.82, 2.24) is 0 Å². The van der Waals surface area contributed by atoms with Gasteiger partial charge in [-0.1, -0.05) is 24.3 Å². The van der Waals surface area contributed by atoms with Crippen molar-refractivity contribution in [3.05, 3.63) is 62.9 Å². The van der Waals surface area contributed by atoms with Gasteiger partial charge < -0.3 is 5.11 Å². The van der Waals surface area contributed by atoms with Crippen LogP contribution in [0.15, 0.2) is 36.4 Å². The molecule has 1 aliphatic carbocycles. The molecule has 1 heterocycles. The van der Waals surface area contributed by atoms with Crippen LogP contribution in [0.25, 0.3) is 6.08 Å². The fourth-order valence-corrected chi connectivity index (χ4v) is 3.60. The predicted octanol–water partition coefficient (Wildman–Crippen LogP) is 3.54. The van der Waals surface area contributed by atoms with Crippen LogP contribution in [-0.2, 0) is 24.1 Å². The number of rotatable bonds is 2. The van der Waals surface area contributed by atoms with Crippen molar-refractivity contribution >= 4 is 23.4 Å². The van der Waals surface area contributed by atoms with E-state index in [1.807, 2.05) is 0 Å². The Balaban J connectivity index is 1.92. The fourth-order valence-electron chi connectivity index (χ4n) is 2.51. The molecule has 0 spiro atoms. The molecule has 2 aromatic rings. The van der Waals surface area contributed by atoms with Crippen molar-refractivity contribution in [1.29, 1.82) is 0 Å². The average Bonchev–Trinajstić information content (AvgIpc) is 2.70. The maximum Gasteiger partial charge on any atom is 0.328 e. The molecule has 96 valence electrons. The van der Waals surface area contributed by atoms with Gasteiger partial charge in [-0.25, -0.2) is 4.79 Å². The Bertz CT molecular complexity index is 653. The van der Waals surface area contributed by atoms with Crippen LogP contribution in [0.4, 0.5) is 0 Å². The number of carboxylic acid groups (broad SMARTS) is 1. The number of hydrogen-bond donors (Lipinski definition) is 1. The van der Waals surface area contributed by atoms with E-state index >= 15 is 0 Å². The van der Waals surface area contributed by atoms with Gasteiger partial charge in [0.25, 0.3) is 0 Å². The highest BCUT2D eigenvalue weighted by Crippen LogP contribution is 2.31. The van der Waals surface area contributed by atoms with Crippen molar-refractivity contribution in [3.8, 4) is 0 Å². The van der Waals surface area contributed by atoms with E-state index in [0.717, 1.165) is 24.1 Å². The van der Waals surface area contributed by atoms with Crippen molar-refractivity contribution in [2.24, 2.45) is 0 Å². The van der Waals surface area contributed by atoms with Gasteiger partial charge in [0.05, 0.1) is 0 Å². The molecular weight excluding hydrogens is 256 g/mol. The molecule has 1 aromatic heterocycles. The maximum atomic E-state index is 10.6. The number of benzene rings is 1. The van der Waals surface area contributed by atoms with Gasteiger partial charge in [0.15, 0.2) is 0 Å². The molecule has 0 aliphatic heterocycles. The van der Waals surface area contributed by atoms with Gasteiger partial charge in [-0.2, -0.15) is 0 Å². The van der Waals surface area contributed by atoms with E-state index in [1.165, 1.54) is 27.6 Å². The number of aryl methyl sites for hydroxylation is 2. The quantitative estimate of drug-likeness (QED) is 0.848. The minimum absolute atomic E-state index is 0.895. The minimum Gasteiger partial charge on any atom is -0.478 e. The molecule has 1 aliphatic rings. The monoisotopic (exact) mass is 270 g/mol. The summed E-state index contributed by atoms with van der Waals surface area (Å²) >= 11 is 1.71. The second-order valence-electron chi connectivity index (χ2n) is 4.71. The minimum atomic E-state index is -0.895. The molecule has 0 radical (unpaired) electrons. The summed E-state index contributed by atoms with van der Waals surface area (Å²) in [7, 11) is 0. The van der Waals surface area contributed by atoms with Crippen molar-refractivity contribution in [2.75, 3.05) is 0 Å². The van der Waals surface area contributed by atoms with Crippen LogP contribution < -0.4 is 0 Å². The Morgan fingerprint density at radius 2 is 1.95 bits per heavy atom. The molecule has 2 nitrogen and oxygen atoms in total. The van der Waals surface area contributed by atoms with E-state index < -0.39 is 5.97 Å². The first-order valence-corrected chi connectivity index (χ1v) is 7.13. The molecule has 1 aromatic carbocycles. The van der Waals surface area contributed by atoms with Crippen LogP contribution in [0, 0.1) is 0 Å². The normalized spacial score (nSPS) is 13.9. The van der Waals surface area contributed by atoms with Gasteiger partial charge in [0.1, 0.15) is 0 Å². The third kappa shape index (κ3) is 2.61. The zero-order valence-electron chi connectivity index (χ0n) is 10.4. The molecule has 0 amide bonds. The van der Waals surface area contributed by atoms with Crippen LogP contribution in [-0.4, -0.2) is 11.1 Å². The summed E-state index contributed by atoms with van der Waals surface area (Å²) in [4.78, 5) is 13.0. The highest BCUT2D eigenvalue weighted by atomic mass is 32.1. The summed E-state index contributed by atoms with van der Waals surface area (Å²) in [6.45, 7) is 0. The second-order valence-corrected chi connectivity index (χ2v) is 5.88. The molecule has 19 heavy (non-hydrogen) atoms. The van der Waals surface area contributed by atoms with Gasteiger partial charge in [-0.15, -0.1) is 11.3 Å². The summed E-state index contributed by atoms with van der Waals surface area (Å²) in [5.74, 6) is -0.895. The molecule has 0 unspecified atom stereocenters. The van der Waals surface area contributed by atoms with Gasteiger partial charge in [-0.05, 0) is 48.1 Å². The van der Waals surface area contributed by atoms with E-state index in [4.69, 9.17) is 5.11 Å². The number of thiophene rings is 1. The smallest absolute Gasteiger partial charge is 0.328 e. The largest absolute Gasteiger partial charge is 0.478 e. The van der Waals surface area contributed by atoms with Crippen LogP contribution in [0.2, 0.25) is 0 Å². The van der Waals surface area contributed by atoms with Crippen LogP contribution >= 0.6 is 11.3 Å². The highest BCUT2D eigenvalue weighted by Gasteiger charge is 2.15. The lowest BCUT2D eigenvalue weighted by molar-refractivity contribution is -0.131. The molecule has 0 bridgehead atoms. The van der Waals surface area contributed by atoms with Gasteiger partial charge in [-0.3, -0.25) is 0 Å². The van der Waals surface area contributed by atoms with Crippen molar-refractivity contribution in [2.45, 2.75) is 19.3 Å². The second kappa shape index (κ2) is 5.02. The topological polar surface area (TPSA) is 37.3 Å². The lowest BCUT2D eigenvalue weighted by Crippen LogP contribution is -1.91. The first-order valence-electron chi connectivity index (χ1n) is 6.32. The Morgan fingerprint density at radius 3 is 2.74 bits per heavy atom. The van der Waals surface area contributed by atoms with Gasteiger partial charge >= 0.3 is 5.97 Å². The molecule has 3 heteroatoms. The lowest BCUT2D eigenvalue weighted by atomic mass is 10.0. The van der Waals surface area contributed by atoms with Crippen molar-refractivity contribution < 1.29 is 9.90 Å². The SMILES string of the molecule is O=C(O)C=Cc1cc2c(s1)CCc1ccccc1C2. The van der Waals surface area contributed by atoms with E-state index in [0.29, 0.717) is 0 Å². The Morgan fingerprint density at radius 1 is 1.16 bits per heavy atom. The van der Waals surface area contributed by atoms with E-state index in [1.54, 1.807) is 17.4 Å². The van der Waals surface area contributed by atoms with Gasteiger partial charge in [0, 0.05) is 15.8 Å². The first kappa shape index (κ1) is 12.2. The molecule has 1 N–H and O–H groups in total. The predicted molar refractivity (Wildman–Crippen MR) is 77.6 cm³/mol. The summed E-state index contributed by atoms with van der Waals surface area (Å²) in [5, 5.41) is 8.67. The summed E-state index contributed by atoms with van der Waals surface area (Å²) in [6, 6.07) is 10.7. The molecule has 0 saturated carbocycles. The first-order chi connectivity index (χ1) is 9.22. The zero-order chi connectivity index (χ0) is 13.2. The lowest BCUT2D eigenvalue weighted by Gasteiger charge is -2.03. The number of carboxylic acids is 1. The van der Waals surface area contributed by atoms with Crippen LogP contribution in [0.1, 0.15) is 26.4 Å². The van der Waals surface area contributed by atoms with E-state index in [-0.39, 0.29) is 0 Å². The summed E-state index contributed by atoms with van der Waals surface area (Å²) in [6.07, 6.45) is 5.99. The van der Waals surface area contributed by atoms with E-state index in [9.17, 15) is 4.79 Å². The molecular formula is C16H14O2S. The maximum absolute atomic E-state index is 10.6. The number of aliphatic carboxylic acids is 1. The van der Waals surface area contributed by atoms with Gasteiger partial charge in [0.2, 0.25) is 0 Å². The standard InChI is InChI=1S/C16H14O2S/c17-16(18)8-6-14-10-13-9-12-4-2-1-3-11(12)5-7-15(13)19-14/h1-4,6,8,10H,5,7,9H2,(H,17,18). The van der Waals surface area contributed by atoms with Crippen LogP contribution in [0.5, 0.6) is 0 Å². The summed E-state index contributed by atoms with van der Waals surface area (Å²) in [5.41, 5.74) is 4.18. The fraction of sp³-hybridized carbons (Fsp3) is 0.188. The zero-order valence-corrected chi connectivity index (χ0v) is 11.2. The van der Waals surface area contributed by atoms with E-state index in [2.05, 4.69) is 30.3 Å². The Labute approximate surface area is 116 Å². The molecule has 0 fully saturated rings. The third-order valence-corrected chi connectivity index (χ3v) is 4.63. The third-order valence-electron chi connectivity index (χ3n) is 3.43. The molecule has 3 rings (SSSR count). The van der Waals surface area contributed by atoms with Crippen molar-refractivity contribution in [3.63, 3.8) is 0 Å². The average molecular weight is 270 g/mol. The molecule has 0 atom stereocenters. The highest BCUT2D eigenvalue weighted by molar-refractivity contribution is 7.13. The number of hydrogen-bond acceptors (Lipinski definition) is 2. The number of carbonyl (C=O) groups is 1. The Hall–Kier alpha value is -1.87. The Kier molecular flexibility index (Phi) is 3.22. The molecule has 0 saturated heterocycles. The van der Waals surface area contributed by atoms with Crippen LogP contribution in [0.3, 0.4) is 0 Å². The summed E-state index contributed by atoms with van der Waals surface area (Å²) < 4.78 is 0. The number of fused-ring (bicyclic) bond motifs is 2.